The maximum atomic E-state index is 11.4. The van der Waals surface area contributed by atoms with Gasteiger partial charge in [-0.2, -0.15) is 0 Å². The Labute approximate surface area is 96.2 Å². The van der Waals surface area contributed by atoms with Crippen LogP contribution in [0.2, 0.25) is 0 Å². The molecule has 1 aromatic carbocycles. The second-order valence-corrected chi connectivity index (χ2v) is 3.38. The van der Waals surface area contributed by atoms with Crippen LogP contribution in [0.1, 0.15) is 12.8 Å². The highest BCUT2D eigenvalue weighted by Gasteiger charge is 1.99. The van der Waals surface area contributed by atoms with Crippen molar-refractivity contribution in [3.8, 4) is 12.3 Å². The van der Waals surface area contributed by atoms with Gasteiger partial charge >= 0.3 is 0 Å². The van der Waals surface area contributed by atoms with Crippen molar-refractivity contribution in [1.82, 2.24) is 5.32 Å². The van der Waals surface area contributed by atoms with E-state index in [0.29, 0.717) is 19.5 Å². The molecule has 0 spiro atoms. The Balaban J connectivity index is 2.14. The van der Waals surface area contributed by atoms with Gasteiger partial charge in [0.1, 0.15) is 0 Å². The van der Waals surface area contributed by atoms with Crippen molar-refractivity contribution in [3.05, 3.63) is 30.3 Å². The summed E-state index contributed by atoms with van der Waals surface area (Å²) in [5.41, 5.74) is 0.946. The van der Waals surface area contributed by atoms with Crippen LogP contribution in [0.25, 0.3) is 0 Å². The normalized spacial score (nSPS) is 9.19. The van der Waals surface area contributed by atoms with Crippen LogP contribution in [0.4, 0.5) is 5.69 Å². The number of hydrogen-bond acceptors (Lipinski definition) is 2. The van der Waals surface area contributed by atoms with Gasteiger partial charge in [0.15, 0.2) is 0 Å². The summed E-state index contributed by atoms with van der Waals surface area (Å²) in [5, 5.41) is 5.82. The number of anilines is 1. The lowest BCUT2D eigenvalue weighted by molar-refractivity contribution is -0.119. The van der Waals surface area contributed by atoms with Gasteiger partial charge in [0.05, 0.1) is 6.54 Å². The predicted octanol–water partition coefficient (Wildman–Crippen LogP) is 1.63. The first kappa shape index (κ1) is 12.1. The van der Waals surface area contributed by atoms with Crippen LogP contribution in [0.5, 0.6) is 0 Å². The topological polar surface area (TPSA) is 41.1 Å². The summed E-state index contributed by atoms with van der Waals surface area (Å²) in [6, 6.07) is 9.63. The standard InChI is InChI=1S/C13H16N2O/c1-2-3-7-10-14-13(16)11-15-12-8-5-4-6-9-12/h1,4-6,8-9,15H,3,7,10-11H2,(H,14,16). The van der Waals surface area contributed by atoms with Gasteiger partial charge in [-0.05, 0) is 18.6 Å². The third kappa shape index (κ3) is 5.06. The molecule has 1 aromatic rings. The average molecular weight is 216 g/mol. The molecule has 0 unspecified atom stereocenters. The molecule has 0 saturated carbocycles. The van der Waals surface area contributed by atoms with Gasteiger partial charge in [0.2, 0.25) is 5.91 Å². The lowest BCUT2D eigenvalue weighted by Crippen LogP contribution is -2.30. The molecular weight excluding hydrogens is 200 g/mol. The van der Waals surface area contributed by atoms with Crippen molar-refractivity contribution < 1.29 is 4.79 Å². The minimum absolute atomic E-state index is 0.0131. The van der Waals surface area contributed by atoms with Gasteiger partial charge < -0.3 is 10.6 Å². The molecule has 0 bridgehead atoms. The fourth-order valence-corrected chi connectivity index (χ4v) is 1.22. The quantitative estimate of drug-likeness (QED) is 0.560. The first-order valence-electron chi connectivity index (χ1n) is 5.32. The van der Waals surface area contributed by atoms with Crippen molar-refractivity contribution in [1.29, 1.82) is 0 Å². The number of carbonyl (C=O) groups is 1. The molecule has 0 aromatic heterocycles. The van der Waals surface area contributed by atoms with Crippen molar-refractivity contribution in [2.24, 2.45) is 0 Å². The van der Waals surface area contributed by atoms with E-state index in [1.165, 1.54) is 0 Å². The molecular formula is C13H16N2O. The maximum absolute atomic E-state index is 11.4. The Morgan fingerprint density at radius 1 is 1.31 bits per heavy atom. The van der Waals surface area contributed by atoms with E-state index in [-0.39, 0.29) is 5.91 Å². The second-order valence-electron chi connectivity index (χ2n) is 3.38. The number of hydrogen-bond donors (Lipinski definition) is 2. The van der Waals surface area contributed by atoms with Gasteiger partial charge in [0, 0.05) is 18.7 Å². The number of carbonyl (C=O) groups excluding carboxylic acids is 1. The van der Waals surface area contributed by atoms with E-state index in [1.807, 2.05) is 30.3 Å². The van der Waals surface area contributed by atoms with Gasteiger partial charge in [-0.3, -0.25) is 4.79 Å². The van der Waals surface area contributed by atoms with Crippen LogP contribution in [-0.2, 0) is 4.79 Å². The molecule has 0 atom stereocenters. The summed E-state index contributed by atoms with van der Waals surface area (Å²) in [7, 11) is 0. The van der Waals surface area contributed by atoms with Crippen LogP contribution >= 0.6 is 0 Å². The van der Waals surface area contributed by atoms with Crippen molar-refractivity contribution in [2.75, 3.05) is 18.4 Å². The number of benzene rings is 1. The highest BCUT2D eigenvalue weighted by molar-refractivity contribution is 5.80. The fourth-order valence-electron chi connectivity index (χ4n) is 1.22. The zero-order chi connectivity index (χ0) is 11.6. The van der Waals surface area contributed by atoms with E-state index in [1.54, 1.807) is 0 Å². The second kappa shape index (κ2) is 7.36. The van der Waals surface area contributed by atoms with Gasteiger partial charge in [-0.25, -0.2) is 0 Å². The van der Waals surface area contributed by atoms with E-state index in [2.05, 4.69) is 16.6 Å². The van der Waals surface area contributed by atoms with Gasteiger partial charge in [-0.15, -0.1) is 12.3 Å². The first-order valence-corrected chi connectivity index (χ1v) is 5.32. The average Bonchev–Trinajstić information content (AvgIpc) is 2.33. The fraction of sp³-hybridized carbons (Fsp3) is 0.308. The van der Waals surface area contributed by atoms with Crippen LogP contribution < -0.4 is 10.6 Å². The summed E-state index contributed by atoms with van der Waals surface area (Å²) in [4.78, 5) is 11.4. The lowest BCUT2D eigenvalue weighted by Gasteiger charge is -2.06. The van der Waals surface area contributed by atoms with Crippen LogP contribution in [-0.4, -0.2) is 19.0 Å². The van der Waals surface area contributed by atoms with E-state index >= 15 is 0 Å². The molecule has 84 valence electrons. The first-order chi connectivity index (χ1) is 7.83. The molecule has 1 rings (SSSR count). The van der Waals surface area contributed by atoms with Crippen molar-refractivity contribution >= 4 is 11.6 Å². The predicted molar refractivity (Wildman–Crippen MR) is 66.0 cm³/mol. The number of terminal acetylenes is 1. The van der Waals surface area contributed by atoms with E-state index in [0.717, 1.165) is 12.1 Å². The Bertz CT molecular complexity index is 354. The van der Waals surface area contributed by atoms with Crippen LogP contribution in [0.15, 0.2) is 30.3 Å². The van der Waals surface area contributed by atoms with Crippen molar-refractivity contribution in [3.63, 3.8) is 0 Å². The molecule has 3 heteroatoms. The monoisotopic (exact) mass is 216 g/mol. The zero-order valence-electron chi connectivity index (χ0n) is 9.20. The Morgan fingerprint density at radius 3 is 2.75 bits per heavy atom. The molecule has 0 aliphatic rings. The third-order valence-electron chi connectivity index (χ3n) is 2.05. The Hall–Kier alpha value is -1.95. The van der Waals surface area contributed by atoms with Crippen molar-refractivity contribution in [2.45, 2.75) is 12.8 Å². The summed E-state index contributed by atoms with van der Waals surface area (Å²) in [5.74, 6) is 2.52. The highest BCUT2D eigenvalue weighted by atomic mass is 16.1. The number of rotatable bonds is 6. The summed E-state index contributed by atoms with van der Waals surface area (Å²) in [6.07, 6.45) is 6.63. The Kier molecular flexibility index (Phi) is 5.57. The molecule has 0 radical (unpaired) electrons. The summed E-state index contributed by atoms with van der Waals surface area (Å²) < 4.78 is 0. The number of nitrogens with one attached hydrogen (secondary N) is 2. The molecule has 0 fully saturated rings. The van der Waals surface area contributed by atoms with E-state index in [4.69, 9.17) is 6.42 Å². The minimum atomic E-state index is -0.0131. The van der Waals surface area contributed by atoms with E-state index in [9.17, 15) is 4.79 Å². The van der Waals surface area contributed by atoms with Crippen LogP contribution in [0.3, 0.4) is 0 Å². The molecule has 0 aliphatic heterocycles. The maximum Gasteiger partial charge on any atom is 0.239 e. The molecule has 0 heterocycles. The molecule has 0 saturated heterocycles. The summed E-state index contributed by atoms with van der Waals surface area (Å²) in [6.45, 7) is 0.930. The smallest absolute Gasteiger partial charge is 0.239 e. The lowest BCUT2D eigenvalue weighted by atomic mass is 10.3. The SMILES string of the molecule is C#CCCCNC(=O)CNc1ccccc1. The largest absolute Gasteiger partial charge is 0.376 e. The molecule has 0 aliphatic carbocycles. The molecule has 1 amide bonds. The number of unbranched alkanes of at least 4 members (excludes halogenated alkanes) is 1. The summed E-state index contributed by atoms with van der Waals surface area (Å²) >= 11 is 0. The third-order valence-corrected chi connectivity index (χ3v) is 2.05. The number of para-hydroxylation sites is 1. The van der Waals surface area contributed by atoms with E-state index < -0.39 is 0 Å². The highest BCUT2D eigenvalue weighted by Crippen LogP contribution is 2.03. The van der Waals surface area contributed by atoms with Gasteiger partial charge in [0.25, 0.3) is 0 Å². The number of amides is 1. The zero-order valence-corrected chi connectivity index (χ0v) is 9.20. The molecule has 3 nitrogen and oxygen atoms in total. The minimum Gasteiger partial charge on any atom is -0.376 e. The van der Waals surface area contributed by atoms with Gasteiger partial charge in [-0.1, -0.05) is 18.2 Å². The van der Waals surface area contributed by atoms with Crippen LogP contribution in [0, 0.1) is 12.3 Å². The molecule has 16 heavy (non-hydrogen) atoms. The molecule has 2 N–H and O–H groups in total. The Morgan fingerprint density at radius 2 is 2.06 bits per heavy atom.